The highest BCUT2D eigenvalue weighted by Gasteiger charge is 2.42. The molecule has 1 atom stereocenters. The topological polar surface area (TPSA) is 60.9 Å². The summed E-state index contributed by atoms with van der Waals surface area (Å²) >= 11 is 7.30. The number of carboxylic acids is 1. The zero-order valence-electron chi connectivity index (χ0n) is 11.4. The van der Waals surface area contributed by atoms with Crippen LogP contribution >= 0.6 is 22.9 Å². The summed E-state index contributed by atoms with van der Waals surface area (Å²) in [6.45, 7) is 2.91. The maximum atomic E-state index is 12.3. The van der Waals surface area contributed by atoms with Crippen LogP contribution in [0.2, 0.25) is 4.34 Å². The minimum absolute atomic E-state index is 0.139. The first kappa shape index (κ1) is 15.1. The van der Waals surface area contributed by atoms with Gasteiger partial charge in [0.25, 0.3) is 0 Å². The smallest absolute Gasteiger partial charge is 0.320 e. The second-order valence-corrected chi connectivity index (χ2v) is 7.18. The average Bonchev–Trinajstić information content (AvgIpc) is 2.96. The zero-order valence-corrected chi connectivity index (χ0v) is 13.0. The normalized spacial score (nSPS) is 22.1. The lowest BCUT2D eigenvalue weighted by Gasteiger charge is -2.25. The first-order chi connectivity index (χ1) is 9.32. The third-order valence-electron chi connectivity index (χ3n) is 3.61. The highest BCUT2D eigenvalue weighted by Crippen LogP contribution is 2.31. The summed E-state index contributed by atoms with van der Waals surface area (Å²) < 4.78 is 0.695. The van der Waals surface area contributed by atoms with Gasteiger partial charge in [-0.25, -0.2) is 4.79 Å². The Labute approximate surface area is 126 Å². The molecule has 1 saturated heterocycles. The quantitative estimate of drug-likeness (QED) is 0.932. The molecule has 0 bridgehead atoms. The predicted octanol–water partition coefficient (Wildman–Crippen LogP) is 2.75. The van der Waals surface area contributed by atoms with Crippen LogP contribution in [-0.4, -0.2) is 47.0 Å². The van der Waals surface area contributed by atoms with Gasteiger partial charge >= 0.3 is 12.0 Å². The van der Waals surface area contributed by atoms with Crippen LogP contribution in [-0.2, 0) is 11.3 Å². The summed E-state index contributed by atoms with van der Waals surface area (Å²) in [5.74, 6) is -0.847. The van der Waals surface area contributed by atoms with Gasteiger partial charge in [-0.2, -0.15) is 0 Å². The third kappa shape index (κ3) is 3.07. The molecule has 0 radical (unpaired) electrons. The van der Waals surface area contributed by atoms with Crippen molar-refractivity contribution in [2.24, 2.45) is 5.41 Å². The number of aliphatic carboxylic acids is 1. The van der Waals surface area contributed by atoms with E-state index in [0.717, 1.165) is 4.88 Å². The lowest BCUT2D eigenvalue weighted by Crippen LogP contribution is -2.41. The van der Waals surface area contributed by atoms with E-state index in [4.69, 9.17) is 11.6 Å². The number of nitrogens with zero attached hydrogens (tertiary/aromatic N) is 2. The Bertz CT molecular complexity index is 533. The highest BCUT2D eigenvalue weighted by atomic mass is 35.5. The van der Waals surface area contributed by atoms with Crippen LogP contribution in [0.5, 0.6) is 0 Å². The van der Waals surface area contributed by atoms with Crippen molar-refractivity contribution < 1.29 is 14.7 Å². The standard InChI is InChI=1S/C13H17ClN2O3S/c1-13(11(17)18)5-6-16(8-13)12(19)15(2)7-9-3-4-10(14)20-9/h3-4H,5-8H2,1-2H3,(H,17,18). The van der Waals surface area contributed by atoms with Crippen LogP contribution in [0.1, 0.15) is 18.2 Å². The van der Waals surface area contributed by atoms with Crippen molar-refractivity contribution in [3.63, 3.8) is 0 Å². The third-order valence-corrected chi connectivity index (χ3v) is 4.82. The fourth-order valence-electron chi connectivity index (χ4n) is 2.28. The van der Waals surface area contributed by atoms with Crippen molar-refractivity contribution in [1.82, 2.24) is 9.80 Å². The van der Waals surface area contributed by atoms with Gasteiger partial charge in [-0.1, -0.05) is 11.6 Å². The molecule has 1 N–H and O–H groups in total. The van der Waals surface area contributed by atoms with Crippen LogP contribution in [0.25, 0.3) is 0 Å². The molecule has 5 nitrogen and oxygen atoms in total. The van der Waals surface area contributed by atoms with E-state index in [9.17, 15) is 14.7 Å². The van der Waals surface area contributed by atoms with E-state index in [2.05, 4.69) is 0 Å². The van der Waals surface area contributed by atoms with Gasteiger partial charge in [0, 0.05) is 25.0 Å². The van der Waals surface area contributed by atoms with Crippen molar-refractivity contribution in [1.29, 1.82) is 0 Å². The van der Waals surface area contributed by atoms with Crippen LogP contribution in [0.15, 0.2) is 12.1 Å². The summed E-state index contributed by atoms with van der Waals surface area (Å²) in [5, 5.41) is 9.18. The number of carboxylic acid groups (broad SMARTS) is 1. The van der Waals surface area contributed by atoms with Crippen molar-refractivity contribution >= 4 is 34.9 Å². The molecule has 0 aliphatic carbocycles. The fraction of sp³-hybridized carbons (Fsp3) is 0.538. The van der Waals surface area contributed by atoms with Gasteiger partial charge in [0.05, 0.1) is 16.3 Å². The maximum Gasteiger partial charge on any atom is 0.320 e. The Morgan fingerprint density at radius 1 is 1.55 bits per heavy atom. The van der Waals surface area contributed by atoms with Crippen LogP contribution in [0, 0.1) is 5.41 Å². The summed E-state index contributed by atoms with van der Waals surface area (Å²) in [6, 6.07) is 3.55. The Morgan fingerprint density at radius 3 is 2.75 bits per heavy atom. The number of hydrogen-bond acceptors (Lipinski definition) is 3. The number of thiophene rings is 1. The summed E-state index contributed by atoms with van der Waals surface area (Å²) in [7, 11) is 1.71. The molecule has 1 aromatic heterocycles. The molecule has 1 fully saturated rings. The average molecular weight is 317 g/mol. The number of carbonyl (C=O) groups is 2. The number of rotatable bonds is 3. The van der Waals surface area contributed by atoms with Crippen molar-refractivity contribution in [2.75, 3.05) is 20.1 Å². The second kappa shape index (κ2) is 5.61. The Hall–Kier alpha value is -1.27. The van der Waals surface area contributed by atoms with Crippen molar-refractivity contribution in [3.05, 3.63) is 21.3 Å². The van der Waals surface area contributed by atoms with Crippen LogP contribution < -0.4 is 0 Å². The molecule has 0 saturated carbocycles. The Balaban J connectivity index is 1.96. The Morgan fingerprint density at radius 2 is 2.25 bits per heavy atom. The lowest BCUT2D eigenvalue weighted by molar-refractivity contribution is -0.147. The Kier molecular flexibility index (Phi) is 4.25. The molecule has 1 unspecified atom stereocenters. The molecular weight excluding hydrogens is 300 g/mol. The van der Waals surface area contributed by atoms with Gasteiger partial charge in [-0.05, 0) is 25.5 Å². The van der Waals surface area contributed by atoms with Crippen molar-refractivity contribution in [2.45, 2.75) is 19.9 Å². The summed E-state index contributed by atoms with van der Waals surface area (Å²) in [6.07, 6.45) is 0.493. The molecule has 110 valence electrons. The molecule has 2 rings (SSSR count). The van der Waals surface area contributed by atoms with E-state index in [1.54, 1.807) is 29.8 Å². The number of hydrogen-bond donors (Lipinski definition) is 1. The molecule has 1 aromatic rings. The highest BCUT2D eigenvalue weighted by molar-refractivity contribution is 7.16. The van der Waals surface area contributed by atoms with E-state index in [1.807, 2.05) is 6.07 Å². The van der Waals surface area contributed by atoms with Gasteiger partial charge in [-0.3, -0.25) is 4.79 Å². The van der Waals surface area contributed by atoms with Gasteiger partial charge < -0.3 is 14.9 Å². The molecule has 1 aliphatic heterocycles. The monoisotopic (exact) mass is 316 g/mol. The summed E-state index contributed by atoms with van der Waals surface area (Å²) in [4.78, 5) is 27.7. The number of urea groups is 1. The number of halogens is 1. The van der Waals surface area contributed by atoms with E-state index in [-0.39, 0.29) is 12.6 Å². The molecular formula is C13H17ClN2O3S. The van der Waals surface area contributed by atoms with Crippen LogP contribution in [0.4, 0.5) is 4.79 Å². The van der Waals surface area contributed by atoms with Crippen molar-refractivity contribution in [3.8, 4) is 0 Å². The maximum absolute atomic E-state index is 12.3. The molecule has 0 aromatic carbocycles. The molecule has 0 spiro atoms. The minimum Gasteiger partial charge on any atom is -0.481 e. The van der Waals surface area contributed by atoms with Gasteiger partial charge in [-0.15, -0.1) is 11.3 Å². The number of likely N-dealkylation sites (tertiary alicyclic amines) is 1. The first-order valence-electron chi connectivity index (χ1n) is 6.29. The molecule has 7 heteroatoms. The largest absolute Gasteiger partial charge is 0.481 e. The van der Waals surface area contributed by atoms with Crippen LogP contribution in [0.3, 0.4) is 0 Å². The van der Waals surface area contributed by atoms with E-state index < -0.39 is 11.4 Å². The number of amides is 2. The molecule has 2 heterocycles. The SMILES string of the molecule is CN(Cc1ccc(Cl)s1)C(=O)N1CCC(C)(C(=O)O)C1. The van der Waals surface area contributed by atoms with E-state index >= 15 is 0 Å². The van der Waals surface area contributed by atoms with E-state index in [1.165, 1.54) is 11.3 Å². The van der Waals surface area contributed by atoms with Gasteiger partial charge in [0.15, 0.2) is 0 Å². The van der Waals surface area contributed by atoms with Gasteiger partial charge in [0.2, 0.25) is 0 Å². The van der Waals surface area contributed by atoms with Gasteiger partial charge in [0.1, 0.15) is 0 Å². The predicted molar refractivity (Wildman–Crippen MR) is 78.1 cm³/mol. The fourth-order valence-corrected chi connectivity index (χ4v) is 3.42. The zero-order chi connectivity index (χ0) is 14.9. The molecule has 2 amide bonds. The lowest BCUT2D eigenvalue weighted by atomic mass is 9.90. The minimum atomic E-state index is -0.847. The first-order valence-corrected chi connectivity index (χ1v) is 7.49. The second-order valence-electron chi connectivity index (χ2n) is 5.38. The van der Waals surface area contributed by atoms with E-state index in [0.29, 0.717) is 23.8 Å². The molecule has 1 aliphatic rings. The summed E-state index contributed by atoms with van der Waals surface area (Å²) in [5.41, 5.74) is -0.831. The molecule has 20 heavy (non-hydrogen) atoms. The number of carbonyl (C=O) groups excluding carboxylic acids is 1.